The number of thioether (sulfide) groups is 1. The van der Waals surface area contributed by atoms with Crippen LogP contribution in [0.2, 0.25) is 5.02 Å². The number of nitrogens with zero attached hydrogens (tertiary/aromatic N) is 1. The summed E-state index contributed by atoms with van der Waals surface area (Å²) in [4.78, 5) is 26.8. The standard InChI is InChI=1S/C26H19ClF2INO4S/c1-2-34-22-11-16(10-21(30)24(22)35-14-18-19(27)4-3-5-20(18)29)12-23-25(32)31(26(33)36-23)13-15-6-8-17(28)9-7-15/h3-12H,2,13-14H2,1H3/b23-12-. The lowest BCUT2D eigenvalue weighted by Crippen LogP contribution is -2.27. The summed E-state index contributed by atoms with van der Waals surface area (Å²) in [5, 5.41) is -0.145. The number of hydrogen-bond donors (Lipinski definition) is 0. The van der Waals surface area contributed by atoms with Gasteiger partial charge < -0.3 is 9.47 Å². The van der Waals surface area contributed by atoms with Gasteiger partial charge in [0.15, 0.2) is 11.5 Å². The zero-order chi connectivity index (χ0) is 25.8. The van der Waals surface area contributed by atoms with Crippen molar-refractivity contribution in [3.63, 3.8) is 0 Å². The third-order valence-corrected chi connectivity index (χ3v) is 7.24. The summed E-state index contributed by atoms with van der Waals surface area (Å²) in [7, 11) is 0. The van der Waals surface area contributed by atoms with Crippen molar-refractivity contribution < 1.29 is 27.8 Å². The first kappa shape index (κ1) is 26.4. The Morgan fingerprint density at radius 3 is 2.53 bits per heavy atom. The Kier molecular flexibility index (Phi) is 8.53. The first-order valence-corrected chi connectivity index (χ1v) is 13.1. The van der Waals surface area contributed by atoms with Gasteiger partial charge in [0.2, 0.25) is 0 Å². The second-order valence-electron chi connectivity index (χ2n) is 7.65. The zero-order valence-electron chi connectivity index (χ0n) is 18.9. The van der Waals surface area contributed by atoms with E-state index in [4.69, 9.17) is 21.1 Å². The van der Waals surface area contributed by atoms with Gasteiger partial charge in [-0.2, -0.15) is 0 Å². The van der Waals surface area contributed by atoms with Crippen LogP contribution in [0.3, 0.4) is 0 Å². The van der Waals surface area contributed by atoms with Crippen molar-refractivity contribution in [2.24, 2.45) is 0 Å². The lowest BCUT2D eigenvalue weighted by atomic mass is 10.1. The van der Waals surface area contributed by atoms with Crippen LogP contribution in [0.15, 0.2) is 59.5 Å². The summed E-state index contributed by atoms with van der Waals surface area (Å²) < 4.78 is 39.6. The number of amides is 2. The molecule has 0 unspecified atom stereocenters. The Bertz CT molecular complexity index is 1330. The molecular formula is C26H19ClF2INO4S. The number of ether oxygens (including phenoxy) is 2. The zero-order valence-corrected chi connectivity index (χ0v) is 22.6. The summed E-state index contributed by atoms with van der Waals surface area (Å²) >= 11 is 9.01. The molecule has 0 spiro atoms. The van der Waals surface area contributed by atoms with Gasteiger partial charge in [-0.1, -0.05) is 29.8 Å². The normalized spacial score (nSPS) is 14.6. The predicted octanol–water partition coefficient (Wildman–Crippen LogP) is 7.44. The summed E-state index contributed by atoms with van der Waals surface area (Å²) in [5.74, 6) is -0.468. The lowest BCUT2D eigenvalue weighted by Gasteiger charge is -2.16. The monoisotopic (exact) mass is 641 g/mol. The molecule has 5 nitrogen and oxygen atoms in total. The third-order valence-electron chi connectivity index (χ3n) is 5.18. The van der Waals surface area contributed by atoms with Crippen LogP contribution in [-0.4, -0.2) is 22.7 Å². The number of benzene rings is 3. The van der Waals surface area contributed by atoms with Crippen LogP contribution in [0.4, 0.5) is 13.6 Å². The van der Waals surface area contributed by atoms with Crippen LogP contribution in [0.5, 0.6) is 11.5 Å². The van der Waals surface area contributed by atoms with Gasteiger partial charge in [-0.15, -0.1) is 0 Å². The Morgan fingerprint density at radius 1 is 1.08 bits per heavy atom. The predicted molar refractivity (Wildman–Crippen MR) is 144 cm³/mol. The molecule has 1 heterocycles. The van der Waals surface area contributed by atoms with Crippen molar-refractivity contribution in [2.75, 3.05) is 6.61 Å². The minimum Gasteiger partial charge on any atom is -0.490 e. The van der Waals surface area contributed by atoms with E-state index in [2.05, 4.69) is 22.6 Å². The van der Waals surface area contributed by atoms with E-state index in [0.29, 0.717) is 32.8 Å². The van der Waals surface area contributed by atoms with Gasteiger partial charge in [0.25, 0.3) is 11.1 Å². The van der Waals surface area contributed by atoms with Crippen molar-refractivity contribution in [3.8, 4) is 11.5 Å². The van der Waals surface area contributed by atoms with Crippen LogP contribution >= 0.6 is 46.0 Å². The Morgan fingerprint density at radius 2 is 1.83 bits per heavy atom. The van der Waals surface area contributed by atoms with Crippen molar-refractivity contribution in [3.05, 3.63) is 96.4 Å². The average molecular weight is 642 g/mol. The van der Waals surface area contributed by atoms with Gasteiger partial charge in [-0.25, -0.2) is 8.78 Å². The molecule has 3 aromatic rings. The number of rotatable bonds is 8. The number of carbonyl (C=O) groups is 2. The van der Waals surface area contributed by atoms with Crippen molar-refractivity contribution in [1.29, 1.82) is 0 Å². The molecule has 0 aliphatic carbocycles. The lowest BCUT2D eigenvalue weighted by molar-refractivity contribution is -0.123. The third kappa shape index (κ3) is 6.01. The molecule has 36 heavy (non-hydrogen) atoms. The summed E-state index contributed by atoms with van der Waals surface area (Å²) in [6, 6.07) is 13.5. The van der Waals surface area contributed by atoms with Gasteiger partial charge >= 0.3 is 0 Å². The van der Waals surface area contributed by atoms with E-state index in [0.717, 1.165) is 16.7 Å². The molecule has 0 atom stereocenters. The molecule has 1 saturated heterocycles. The molecular weight excluding hydrogens is 623 g/mol. The van der Waals surface area contributed by atoms with E-state index in [1.54, 1.807) is 24.3 Å². The van der Waals surface area contributed by atoms with Crippen LogP contribution < -0.4 is 9.47 Å². The highest BCUT2D eigenvalue weighted by atomic mass is 127. The van der Waals surface area contributed by atoms with E-state index >= 15 is 0 Å². The number of halogens is 4. The maximum Gasteiger partial charge on any atom is 0.293 e. The van der Waals surface area contributed by atoms with E-state index in [1.165, 1.54) is 36.4 Å². The quantitative estimate of drug-likeness (QED) is 0.189. The minimum absolute atomic E-state index is 0.0510. The molecule has 0 radical (unpaired) electrons. The average Bonchev–Trinajstić information content (AvgIpc) is 3.09. The molecule has 0 saturated carbocycles. The molecule has 10 heteroatoms. The Labute approximate surface area is 229 Å². The van der Waals surface area contributed by atoms with Gasteiger partial charge in [-0.05, 0) is 94.9 Å². The van der Waals surface area contributed by atoms with Gasteiger partial charge in [0.05, 0.1) is 26.6 Å². The summed E-state index contributed by atoms with van der Waals surface area (Å²) in [6.07, 6.45) is 1.61. The largest absolute Gasteiger partial charge is 0.490 e. The maximum atomic E-state index is 14.2. The number of imide groups is 1. The molecule has 1 aliphatic heterocycles. The topological polar surface area (TPSA) is 55.8 Å². The number of hydrogen-bond acceptors (Lipinski definition) is 5. The van der Waals surface area contributed by atoms with Gasteiger partial charge in [0, 0.05) is 5.56 Å². The van der Waals surface area contributed by atoms with Crippen LogP contribution in [-0.2, 0) is 17.9 Å². The molecule has 0 bridgehead atoms. The van der Waals surface area contributed by atoms with Gasteiger partial charge in [-0.3, -0.25) is 14.5 Å². The first-order valence-electron chi connectivity index (χ1n) is 10.8. The molecule has 2 amide bonds. The van der Waals surface area contributed by atoms with E-state index in [9.17, 15) is 18.4 Å². The molecule has 4 rings (SSSR count). The summed E-state index contributed by atoms with van der Waals surface area (Å²) in [6.45, 7) is 2.13. The highest BCUT2D eigenvalue weighted by molar-refractivity contribution is 14.1. The maximum absolute atomic E-state index is 14.2. The fourth-order valence-electron chi connectivity index (χ4n) is 3.45. The molecule has 1 aliphatic rings. The van der Waals surface area contributed by atoms with Crippen LogP contribution in [0, 0.1) is 15.2 Å². The molecule has 186 valence electrons. The SMILES string of the molecule is CCOc1cc(/C=C2\SC(=O)N(Cc3ccc(F)cc3)C2=O)cc(I)c1OCc1c(F)cccc1Cl. The van der Waals surface area contributed by atoms with E-state index < -0.39 is 22.8 Å². The fourth-order valence-corrected chi connectivity index (χ4v) is 5.29. The Hall–Kier alpha value is -2.63. The van der Waals surface area contributed by atoms with E-state index in [1.807, 2.05) is 6.92 Å². The van der Waals surface area contributed by atoms with Crippen molar-refractivity contribution >= 4 is 63.2 Å². The second-order valence-corrected chi connectivity index (χ2v) is 10.2. The van der Waals surface area contributed by atoms with Crippen molar-refractivity contribution in [1.82, 2.24) is 4.90 Å². The number of carbonyl (C=O) groups excluding carboxylic acids is 2. The Balaban J connectivity index is 1.57. The summed E-state index contributed by atoms with van der Waals surface area (Å²) in [5.41, 5.74) is 1.51. The second kappa shape index (κ2) is 11.6. The van der Waals surface area contributed by atoms with Crippen LogP contribution in [0.25, 0.3) is 6.08 Å². The fraction of sp³-hybridized carbons (Fsp3) is 0.154. The molecule has 1 fully saturated rings. The molecule has 0 aromatic heterocycles. The first-order chi connectivity index (χ1) is 17.3. The smallest absolute Gasteiger partial charge is 0.293 e. The van der Waals surface area contributed by atoms with Crippen LogP contribution in [0.1, 0.15) is 23.6 Å². The molecule has 0 N–H and O–H groups in total. The van der Waals surface area contributed by atoms with Crippen molar-refractivity contribution in [2.45, 2.75) is 20.1 Å². The molecule has 3 aromatic carbocycles. The highest BCUT2D eigenvalue weighted by Gasteiger charge is 2.35. The van der Waals surface area contributed by atoms with E-state index in [-0.39, 0.29) is 28.6 Å². The highest BCUT2D eigenvalue weighted by Crippen LogP contribution is 2.38. The van der Waals surface area contributed by atoms with Gasteiger partial charge in [0.1, 0.15) is 18.2 Å². The minimum atomic E-state index is -0.469.